The molecule has 1 amide bonds. The van der Waals surface area contributed by atoms with E-state index < -0.39 is 0 Å². The standard InChI is InChI=1S/C14H19BrN2O/c1-14(2)10-17(8-7-16-14)13(18)9-11-3-5-12(15)6-4-11/h3-6,16H,7-10H2,1-2H3. The van der Waals surface area contributed by atoms with Crippen molar-refractivity contribution in [1.29, 1.82) is 0 Å². The van der Waals surface area contributed by atoms with Crippen molar-refractivity contribution in [2.45, 2.75) is 25.8 Å². The van der Waals surface area contributed by atoms with Gasteiger partial charge in [0.25, 0.3) is 0 Å². The van der Waals surface area contributed by atoms with Gasteiger partial charge in [-0.1, -0.05) is 28.1 Å². The Hall–Kier alpha value is -0.870. The van der Waals surface area contributed by atoms with E-state index in [1.54, 1.807) is 0 Å². The zero-order chi connectivity index (χ0) is 13.2. The highest BCUT2D eigenvalue weighted by Crippen LogP contribution is 2.14. The maximum absolute atomic E-state index is 12.2. The minimum Gasteiger partial charge on any atom is -0.339 e. The first-order valence-electron chi connectivity index (χ1n) is 6.23. The van der Waals surface area contributed by atoms with E-state index in [2.05, 4.69) is 35.1 Å². The van der Waals surface area contributed by atoms with Crippen molar-refractivity contribution in [2.75, 3.05) is 19.6 Å². The molecule has 0 aliphatic carbocycles. The van der Waals surface area contributed by atoms with Crippen molar-refractivity contribution in [1.82, 2.24) is 10.2 Å². The van der Waals surface area contributed by atoms with Crippen LogP contribution in [0.15, 0.2) is 28.7 Å². The summed E-state index contributed by atoms with van der Waals surface area (Å²) >= 11 is 3.40. The van der Waals surface area contributed by atoms with Gasteiger partial charge >= 0.3 is 0 Å². The third kappa shape index (κ3) is 3.56. The summed E-state index contributed by atoms with van der Waals surface area (Å²) in [4.78, 5) is 14.2. The summed E-state index contributed by atoms with van der Waals surface area (Å²) in [5, 5.41) is 3.41. The summed E-state index contributed by atoms with van der Waals surface area (Å²) in [6.07, 6.45) is 0.489. The molecule has 1 aromatic carbocycles. The van der Waals surface area contributed by atoms with Crippen LogP contribution in [-0.2, 0) is 11.2 Å². The Balaban J connectivity index is 1.97. The molecule has 3 nitrogen and oxygen atoms in total. The average molecular weight is 311 g/mol. The fourth-order valence-corrected chi connectivity index (χ4v) is 2.51. The number of benzene rings is 1. The van der Waals surface area contributed by atoms with Gasteiger partial charge in [0.2, 0.25) is 5.91 Å². The number of carbonyl (C=O) groups is 1. The van der Waals surface area contributed by atoms with Gasteiger partial charge in [0, 0.05) is 29.6 Å². The quantitative estimate of drug-likeness (QED) is 0.908. The molecule has 0 bridgehead atoms. The molecule has 0 aromatic heterocycles. The third-order valence-corrected chi connectivity index (χ3v) is 3.72. The van der Waals surface area contributed by atoms with Gasteiger partial charge in [0.05, 0.1) is 6.42 Å². The monoisotopic (exact) mass is 310 g/mol. The van der Waals surface area contributed by atoms with Crippen molar-refractivity contribution in [3.8, 4) is 0 Å². The van der Waals surface area contributed by atoms with E-state index in [4.69, 9.17) is 0 Å². The lowest BCUT2D eigenvalue weighted by molar-refractivity contribution is -0.132. The average Bonchev–Trinajstić information content (AvgIpc) is 2.31. The minimum atomic E-state index is 0.0215. The van der Waals surface area contributed by atoms with E-state index in [1.807, 2.05) is 29.2 Å². The van der Waals surface area contributed by atoms with E-state index in [-0.39, 0.29) is 11.4 Å². The summed E-state index contributed by atoms with van der Waals surface area (Å²) < 4.78 is 1.04. The second kappa shape index (κ2) is 5.41. The fourth-order valence-electron chi connectivity index (χ4n) is 2.24. The lowest BCUT2D eigenvalue weighted by atomic mass is 10.0. The first-order valence-corrected chi connectivity index (χ1v) is 7.03. The van der Waals surface area contributed by atoms with Crippen LogP contribution in [0.2, 0.25) is 0 Å². The van der Waals surface area contributed by atoms with E-state index in [0.29, 0.717) is 6.42 Å². The Labute approximate surface area is 117 Å². The van der Waals surface area contributed by atoms with Crippen LogP contribution in [0.5, 0.6) is 0 Å². The molecule has 0 saturated carbocycles. The fraction of sp³-hybridized carbons (Fsp3) is 0.500. The van der Waals surface area contributed by atoms with Gasteiger partial charge in [-0.15, -0.1) is 0 Å². The van der Waals surface area contributed by atoms with Gasteiger partial charge in [0.1, 0.15) is 0 Å². The van der Waals surface area contributed by atoms with Crippen LogP contribution < -0.4 is 5.32 Å². The molecule has 0 spiro atoms. The second-order valence-corrected chi connectivity index (χ2v) is 6.34. The Morgan fingerprint density at radius 1 is 1.39 bits per heavy atom. The van der Waals surface area contributed by atoms with Crippen LogP contribution >= 0.6 is 15.9 Å². The molecule has 1 aromatic rings. The van der Waals surface area contributed by atoms with E-state index in [0.717, 1.165) is 29.7 Å². The first-order chi connectivity index (χ1) is 8.46. The van der Waals surface area contributed by atoms with E-state index in [1.165, 1.54) is 0 Å². The zero-order valence-corrected chi connectivity index (χ0v) is 12.5. The Morgan fingerprint density at radius 2 is 2.06 bits per heavy atom. The molecule has 98 valence electrons. The molecule has 0 atom stereocenters. The van der Waals surface area contributed by atoms with Crippen LogP contribution in [0.1, 0.15) is 19.4 Å². The summed E-state index contributed by atoms with van der Waals surface area (Å²) in [7, 11) is 0. The highest BCUT2D eigenvalue weighted by molar-refractivity contribution is 9.10. The number of piperazine rings is 1. The molecule has 1 fully saturated rings. The van der Waals surface area contributed by atoms with Crippen molar-refractivity contribution in [3.05, 3.63) is 34.3 Å². The van der Waals surface area contributed by atoms with Crippen molar-refractivity contribution >= 4 is 21.8 Å². The molecule has 1 aliphatic rings. The maximum Gasteiger partial charge on any atom is 0.227 e. The SMILES string of the molecule is CC1(C)CN(C(=O)Cc2ccc(Br)cc2)CCN1. The number of hydrogen-bond donors (Lipinski definition) is 1. The summed E-state index contributed by atoms with van der Waals surface area (Å²) in [5.74, 6) is 0.215. The van der Waals surface area contributed by atoms with Crippen molar-refractivity contribution in [2.24, 2.45) is 0 Å². The largest absolute Gasteiger partial charge is 0.339 e. The Kier molecular flexibility index (Phi) is 4.07. The molecular formula is C14H19BrN2O. The lowest BCUT2D eigenvalue weighted by Crippen LogP contribution is -2.58. The van der Waals surface area contributed by atoms with Crippen LogP contribution in [-0.4, -0.2) is 36.0 Å². The second-order valence-electron chi connectivity index (χ2n) is 5.43. The van der Waals surface area contributed by atoms with Gasteiger partial charge in [-0.2, -0.15) is 0 Å². The number of halogens is 1. The Morgan fingerprint density at radius 3 is 2.67 bits per heavy atom. The molecule has 18 heavy (non-hydrogen) atoms. The number of rotatable bonds is 2. The van der Waals surface area contributed by atoms with Gasteiger partial charge in [-0.05, 0) is 31.5 Å². The number of nitrogens with one attached hydrogen (secondary N) is 1. The predicted molar refractivity (Wildman–Crippen MR) is 76.5 cm³/mol. The van der Waals surface area contributed by atoms with E-state index in [9.17, 15) is 4.79 Å². The summed E-state index contributed by atoms with van der Waals surface area (Å²) in [6.45, 7) is 6.72. The van der Waals surface area contributed by atoms with Crippen LogP contribution in [0.25, 0.3) is 0 Å². The zero-order valence-electron chi connectivity index (χ0n) is 10.9. The van der Waals surface area contributed by atoms with Crippen LogP contribution in [0, 0.1) is 0 Å². The molecule has 4 heteroatoms. The van der Waals surface area contributed by atoms with Crippen molar-refractivity contribution < 1.29 is 4.79 Å². The molecule has 2 rings (SSSR count). The molecule has 0 unspecified atom stereocenters. The van der Waals surface area contributed by atoms with Crippen LogP contribution in [0.3, 0.4) is 0 Å². The number of nitrogens with zero attached hydrogens (tertiary/aromatic N) is 1. The lowest BCUT2D eigenvalue weighted by Gasteiger charge is -2.39. The highest BCUT2D eigenvalue weighted by atomic mass is 79.9. The Bertz CT molecular complexity index is 428. The first kappa shape index (κ1) is 13.6. The smallest absolute Gasteiger partial charge is 0.227 e. The topological polar surface area (TPSA) is 32.3 Å². The number of carbonyl (C=O) groups excluding carboxylic acids is 1. The molecule has 1 aliphatic heterocycles. The van der Waals surface area contributed by atoms with Gasteiger partial charge < -0.3 is 10.2 Å². The molecule has 1 N–H and O–H groups in total. The number of hydrogen-bond acceptors (Lipinski definition) is 2. The normalized spacial score (nSPS) is 18.7. The highest BCUT2D eigenvalue weighted by Gasteiger charge is 2.28. The van der Waals surface area contributed by atoms with Gasteiger partial charge in [-0.3, -0.25) is 4.79 Å². The van der Waals surface area contributed by atoms with Gasteiger partial charge in [-0.25, -0.2) is 0 Å². The van der Waals surface area contributed by atoms with E-state index >= 15 is 0 Å². The number of amides is 1. The van der Waals surface area contributed by atoms with Gasteiger partial charge in [0.15, 0.2) is 0 Å². The predicted octanol–water partition coefficient (Wildman–Crippen LogP) is 2.20. The van der Waals surface area contributed by atoms with Crippen molar-refractivity contribution in [3.63, 3.8) is 0 Å². The third-order valence-electron chi connectivity index (χ3n) is 3.19. The molecular weight excluding hydrogens is 292 g/mol. The molecule has 0 radical (unpaired) electrons. The molecule has 1 saturated heterocycles. The summed E-state index contributed by atoms with van der Waals surface area (Å²) in [6, 6.07) is 7.94. The van der Waals surface area contributed by atoms with Crippen LogP contribution in [0.4, 0.5) is 0 Å². The summed E-state index contributed by atoms with van der Waals surface area (Å²) in [5.41, 5.74) is 1.09. The molecule has 1 heterocycles. The minimum absolute atomic E-state index is 0.0215. The maximum atomic E-state index is 12.2.